The van der Waals surface area contributed by atoms with Crippen LogP contribution in [0.4, 0.5) is 5.69 Å². The number of benzene rings is 2. The predicted molar refractivity (Wildman–Crippen MR) is 79.6 cm³/mol. The monoisotopic (exact) mass is 270 g/mol. The number of aryl methyl sites for hydroxylation is 2. The molecule has 2 aromatic rings. The first-order chi connectivity index (χ1) is 9.49. The Morgan fingerprint density at radius 3 is 2.45 bits per heavy atom. The van der Waals surface area contributed by atoms with E-state index in [0.29, 0.717) is 11.3 Å². The highest BCUT2D eigenvalue weighted by molar-refractivity contribution is 5.96. The van der Waals surface area contributed by atoms with Crippen LogP contribution in [-0.2, 0) is 4.79 Å². The van der Waals surface area contributed by atoms with E-state index in [1.54, 1.807) is 19.1 Å². The molecule has 0 spiro atoms. The number of aromatic hydroxyl groups is 1. The number of nitrogens with two attached hydrogens (primary N) is 1. The van der Waals surface area contributed by atoms with Crippen molar-refractivity contribution in [3.63, 3.8) is 0 Å². The third-order valence-electron chi connectivity index (χ3n) is 3.24. The average molecular weight is 270 g/mol. The van der Waals surface area contributed by atoms with Gasteiger partial charge in [0.05, 0.1) is 0 Å². The third kappa shape index (κ3) is 2.97. The maximum Gasteiger partial charge on any atom is 0.245 e. The van der Waals surface area contributed by atoms with Gasteiger partial charge in [-0.25, -0.2) is 0 Å². The minimum Gasteiger partial charge on any atom is -0.508 e. The molecule has 4 N–H and O–H groups in total. The van der Waals surface area contributed by atoms with Crippen LogP contribution in [0.15, 0.2) is 42.5 Å². The SMILES string of the molecule is Cc1cc(NC(=O)[C@@H](N)c2ccccc2)c(C)cc1O. The number of rotatable bonds is 3. The van der Waals surface area contributed by atoms with Gasteiger partial charge < -0.3 is 16.2 Å². The highest BCUT2D eigenvalue weighted by Gasteiger charge is 2.16. The van der Waals surface area contributed by atoms with Gasteiger partial charge in [-0.1, -0.05) is 30.3 Å². The molecule has 0 bridgehead atoms. The number of carbonyl (C=O) groups excluding carboxylic acids is 1. The second kappa shape index (κ2) is 5.75. The highest BCUT2D eigenvalue weighted by atomic mass is 16.3. The lowest BCUT2D eigenvalue weighted by Crippen LogP contribution is -2.28. The molecule has 20 heavy (non-hydrogen) atoms. The van der Waals surface area contributed by atoms with Gasteiger partial charge in [-0.2, -0.15) is 0 Å². The predicted octanol–water partition coefficient (Wildman–Crippen LogP) is 2.65. The second-order valence-electron chi connectivity index (χ2n) is 4.83. The van der Waals surface area contributed by atoms with E-state index >= 15 is 0 Å². The van der Waals surface area contributed by atoms with Gasteiger partial charge in [0.2, 0.25) is 5.91 Å². The van der Waals surface area contributed by atoms with Gasteiger partial charge in [0, 0.05) is 5.69 Å². The topological polar surface area (TPSA) is 75.4 Å². The smallest absolute Gasteiger partial charge is 0.245 e. The molecule has 0 fully saturated rings. The summed E-state index contributed by atoms with van der Waals surface area (Å²) >= 11 is 0. The molecule has 104 valence electrons. The Kier molecular flexibility index (Phi) is 4.05. The van der Waals surface area contributed by atoms with E-state index in [9.17, 15) is 9.90 Å². The maximum absolute atomic E-state index is 12.2. The van der Waals surface area contributed by atoms with Crippen LogP contribution >= 0.6 is 0 Å². The van der Waals surface area contributed by atoms with E-state index in [4.69, 9.17) is 5.73 Å². The van der Waals surface area contributed by atoms with Gasteiger partial charge >= 0.3 is 0 Å². The molecule has 1 atom stereocenters. The normalized spacial score (nSPS) is 11.9. The summed E-state index contributed by atoms with van der Waals surface area (Å²) in [7, 11) is 0. The summed E-state index contributed by atoms with van der Waals surface area (Å²) in [6.07, 6.45) is 0. The molecule has 0 unspecified atom stereocenters. The number of anilines is 1. The van der Waals surface area contributed by atoms with Crippen molar-refractivity contribution in [3.8, 4) is 5.75 Å². The molecular weight excluding hydrogens is 252 g/mol. The Labute approximate surface area is 118 Å². The van der Waals surface area contributed by atoms with Crippen molar-refractivity contribution in [1.82, 2.24) is 0 Å². The Balaban J connectivity index is 2.18. The van der Waals surface area contributed by atoms with Crippen molar-refractivity contribution in [3.05, 3.63) is 59.2 Å². The largest absolute Gasteiger partial charge is 0.508 e. The molecule has 0 aliphatic carbocycles. The summed E-state index contributed by atoms with van der Waals surface area (Å²) in [5.41, 5.74) is 8.87. The van der Waals surface area contributed by atoms with Gasteiger partial charge in [-0.05, 0) is 42.7 Å². The summed E-state index contributed by atoms with van der Waals surface area (Å²) in [4.78, 5) is 12.2. The van der Waals surface area contributed by atoms with Crippen molar-refractivity contribution in [1.29, 1.82) is 0 Å². The molecule has 0 aliphatic heterocycles. The maximum atomic E-state index is 12.2. The molecule has 0 saturated carbocycles. The van der Waals surface area contributed by atoms with Crippen LogP contribution in [-0.4, -0.2) is 11.0 Å². The number of hydrogen-bond donors (Lipinski definition) is 3. The van der Waals surface area contributed by atoms with E-state index in [2.05, 4.69) is 5.32 Å². The van der Waals surface area contributed by atoms with Crippen LogP contribution < -0.4 is 11.1 Å². The van der Waals surface area contributed by atoms with Gasteiger partial charge in [0.1, 0.15) is 11.8 Å². The van der Waals surface area contributed by atoms with Crippen LogP contribution in [0.2, 0.25) is 0 Å². The Morgan fingerprint density at radius 2 is 1.80 bits per heavy atom. The zero-order valence-corrected chi connectivity index (χ0v) is 11.6. The lowest BCUT2D eigenvalue weighted by atomic mass is 10.1. The molecule has 4 nitrogen and oxygen atoms in total. The van der Waals surface area contributed by atoms with Crippen molar-refractivity contribution in [2.75, 3.05) is 5.32 Å². The standard InChI is InChI=1S/C16H18N2O2/c1-10-9-14(19)11(2)8-13(10)18-16(20)15(17)12-6-4-3-5-7-12/h3-9,15,19H,17H2,1-2H3,(H,18,20)/t15-/m0/s1. The molecule has 0 aromatic heterocycles. The average Bonchev–Trinajstić information content (AvgIpc) is 2.44. The van der Waals surface area contributed by atoms with Crippen molar-refractivity contribution in [2.45, 2.75) is 19.9 Å². The summed E-state index contributed by atoms with van der Waals surface area (Å²) < 4.78 is 0. The molecule has 0 heterocycles. The first kappa shape index (κ1) is 14.1. The molecule has 2 aromatic carbocycles. The Hall–Kier alpha value is -2.33. The molecular formula is C16H18N2O2. The van der Waals surface area contributed by atoms with Crippen LogP contribution in [0.3, 0.4) is 0 Å². The lowest BCUT2D eigenvalue weighted by Gasteiger charge is -2.15. The van der Waals surface area contributed by atoms with E-state index in [1.807, 2.05) is 37.3 Å². The van der Waals surface area contributed by atoms with Gasteiger partial charge in [-0.3, -0.25) is 4.79 Å². The van der Waals surface area contributed by atoms with E-state index in [1.165, 1.54) is 0 Å². The zero-order chi connectivity index (χ0) is 14.7. The minimum atomic E-state index is -0.718. The quantitative estimate of drug-likeness (QED) is 0.750. The van der Waals surface area contributed by atoms with Crippen molar-refractivity contribution < 1.29 is 9.90 Å². The number of amides is 1. The fraction of sp³-hybridized carbons (Fsp3) is 0.188. The first-order valence-corrected chi connectivity index (χ1v) is 6.40. The number of phenols is 1. The minimum absolute atomic E-state index is 0.216. The van der Waals surface area contributed by atoms with Crippen LogP contribution in [0.25, 0.3) is 0 Å². The molecule has 2 rings (SSSR count). The molecule has 4 heteroatoms. The fourth-order valence-corrected chi connectivity index (χ4v) is 1.96. The molecule has 0 saturated heterocycles. The highest BCUT2D eigenvalue weighted by Crippen LogP contribution is 2.25. The first-order valence-electron chi connectivity index (χ1n) is 6.40. The zero-order valence-electron chi connectivity index (χ0n) is 11.6. The van der Waals surface area contributed by atoms with Gasteiger partial charge in [0.15, 0.2) is 0 Å². The number of phenolic OH excluding ortho intramolecular Hbond substituents is 1. The molecule has 1 amide bonds. The summed E-state index contributed by atoms with van der Waals surface area (Å²) in [6, 6.07) is 11.8. The van der Waals surface area contributed by atoms with Gasteiger partial charge in [-0.15, -0.1) is 0 Å². The van der Waals surface area contributed by atoms with Crippen LogP contribution in [0, 0.1) is 13.8 Å². The Bertz CT molecular complexity index is 624. The lowest BCUT2D eigenvalue weighted by molar-refractivity contribution is -0.117. The third-order valence-corrected chi connectivity index (χ3v) is 3.24. The number of carbonyl (C=O) groups is 1. The summed E-state index contributed by atoms with van der Waals surface area (Å²) in [5.74, 6) is -0.0581. The van der Waals surface area contributed by atoms with E-state index in [-0.39, 0.29) is 11.7 Å². The van der Waals surface area contributed by atoms with Crippen LogP contribution in [0.1, 0.15) is 22.7 Å². The van der Waals surface area contributed by atoms with Gasteiger partial charge in [0.25, 0.3) is 0 Å². The molecule has 0 aliphatic rings. The number of nitrogens with one attached hydrogen (secondary N) is 1. The number of hydrogen-bond acceptors (Lipinski definition) is 3. The second-order valence-corrected chi connectivity index (χ2v) is 4.83. The van der Waals surface area contributed by atoms with E-state index < -0.39 is 6.04 Å². The Morgan fingerprint density at radius 1 is 1.15 bits per heavy atom. The summed E-state index contributed by atoms with van der Waals surface area (Å²) in [5, 5.41) is 12.4. The van der Waals surface area contributed by atoms with E-state index in [0.717, 1.165) is 11.1 Å². The van der Waals surface area contributed by atoms with Crippen LogP contribution in [0.5, 0.6) is 5.75 Å². The van der Waals surface area contributed by atoms with Crippen molar-refractivity contribution >= 4 is 11.6 Å². The van der Waals surface area contributed by atoms with Crippen molar-refractivity contribution in [2.24, 2.45) is 5.73 Å². The molecule has 0 radical (unpaired) electrons. The summed E-state index contributed by atoms with van der Waals surface area (Å²) in [6.45, 7) is 3.60. The fourth-order valence-electron chi connectivity index (χ4n) is 1.96.